The van der Waals surface area contributed by atoms with Crippen molar-refractivity contribution in [2.45, 2.75) is 19.3 Å². The predicted octanol–water partition coefficient (Wildman–Crippen LogP) is 1.95. The van der Waals surface area contributed by atoms with Gasteiger partial charge in [-0.05, 0) is 30.9 Å². The molecule has 0 aromatic carbocycles. The smallest absolute Gasteiger partial charge is 0.203 e. The summed E-state index contributed by atoms with van der Waals surface area (Å²) in [6.45, 7) is 2.08. The summed E-state index contributed by atoms with van der Waals surface area (Å²) in [5, 5.41) is 0.369. The third-order valence-corrected chi connectivity index (χ3v) is 3.08. The second-order valence-corrected chi connectivity index (χ2v) is 4.33. The predicted molar refractivity (Wildman–Crippen MR) is 61.9 cm³/mol. The highest BCUT2D eigenvalue weighted by atomic mass is 35.5. The van der Waals surface area contributed by atoms with Gasteiger partial charge < -0.3 is 9.88 Å². The zero-order chi connectivity index (χ0) is 11.0. The molecule has 0 amide bonds. The molecule has 0 unspecified atom stereocenters. The van der Waals surface area contributed by atoms with Crippen LogP contribution in [0.4, 0.5) is 5.82 Å². The molecule has 0 aromatic rings. The first kappa shape index (κ1) is 9.84. The Bertz CT molecular complexity index is 462. The number of halogens is 1. The number of nitrogens with zero attached hydrogens (tertiary/aromatic N) is 4. The van der Waals surface area contributed by atoms with Gasteiger partial charge in [-0.2, -0.15) is 4.98 Å². The molecule has 0 aliphatic carbocycles. The van der Waals surface area contributed by atoms with E-state index in [9.17, 15) is 0 Å². The van der Waals surface area contributed by atoms with Gasteiger partial charge >= 0.3 is 0 Å². The fourth-order valence-corrected chi connectivity index (χ4v) is 2.30. The molecule has 1 saturated heterocycles. The molecule has 16 heavy (non-hydrogen) atoms. The van der Waals surface area contributed by atoms with Gasteiger partial charge in [-0.15, -0.1) is 0 Å². The monoisotopic (exact) mass is 237 g/mol. The maximum absolute atomic E-state index is 5.94. The summed E-state index contributed by atoms with van der Waals surface area (Å²) in [4.78, 5) is 17.8. The molecule has 0 radical (unpaired) electrons. The van der Waals surface area contributed by atoms with E-state index in [1.165, 1.54) is 25.6 Å². The van der Waals surface area contributed by atoms with E-state index in [2.05, 4.69) is 24.8 Å². The fraction of sp³-hybridized carbons (Fsp3) is 0.500. The molecule has 0 spiro atoms. The van der Waals surface area contributed by atoms with Gasteiger partial charge in [0.25, 0.3) is 0 Å². The Morgan fingerprint density at radius 3 is 2.81 bits per heavy atom. The Morgan fingerprint density at radius 2 is 2.00 bits per heavy atom. The van der Waals surface area contributed by atoms with Crippen LogP contribution in [0.5, 0.6) is 0 Å². The number of hydrogen-bond donors (Lipinski definition) is 1. The van der Waals surface area contributed by atoms with E-state index in [-0.39, 0.29) is 0 Å². The van der Waals surface area contributed by atoms with Gasteiger partial charge in [0.1, 0.15) is 12.1 Å². The molecule has 0 aromatic heterocycles. The number of imidazole rings is 1. The van der Waals surface area contributed by atoms with Crippen molar-refractivity contribution in [1.82, 2.24) is 19.9 Å². The lowest BCUT2D eigenvalue weighted by Gasteiger charge is -2.29. The van der Waals surface area contributed by atoms with Crippen molar-refractivity contribution in [3.63, 3.8) is 0 Å². The summed E-state index contributed by atoms with van der Waals surface area (Å²) in [7, 11) is 0. The number of H-pyrrole nitrogens is 1. The normalized spacial score (nSPS) is 16.9. The van der Waals surface area contributed by atoms with E-state index in [0.29, 0.717) is 11.1 Å². The van der Waals surface area contributed by atoms with Crippen molar-refractivity contribution in [2.75, 3.05) is 18.0 Å². The highest BCUT2D eigenvalue weighted by Gasteiger charge is 2.21. The van der Waals surface area contributed by atoms with E-state index < -0.39 is 0 Å². The van der Waals surface area contributed by atoms with E-state index in [1.807, 2.05) is 0 Å². The zero-order valence-electron chi connectivity index (χ0n) is 8.78. The number of nitrogens with one attached hydrogen (secondary N) is 1. The van der Waals surface area contributed by atoms with Gasteiger partial charge in [0.2, 0.25) is 5.28 Å². The van der Waals surface area contributed by atoms with Gasteiger partial charge in [-0.1, -0.05) is 0 Å². The van der Waals surface area contributed by atoms with Crippen LogP contribution in [-0.4, -0.2) is 33.0 Å². The SMILES string of the molecule is Clc1nc2ncnc-2c(N2CCCCC2)[nH]1. The molecule has 3 aliphatic heterocycles. The van der Waals surface area contributed by atoms with Crippen molar-refractivity contribution >= 4 is 17.4 Å². The number of piperidine rings is 1. The molecular weight excluding hydrogens is 226 g/mol. The van der Waals surface area contributed by atoms with Crippen molar-refractivity contribution in [3.8, 4) is 11.5 Å². The first-order valence-electron chi connectivity index (χ1n) is 5.46. The van der Waals surface area contributed by atoms with E-state index in [4.69, 9.17) is 11.6 Å². The van der Waals surface area contributed by atoms with Crippen LogP contribution >= 0.6 is 11.6 Å². The summed E-state index contributed by atoms with van der Waals surface area (Å²) < 4.78 is 0. The molecule has 5 nitrogen and oxygen atoms in total. The van der Waals surface area contributed by atoms with Gasteiger partial charge in [-0.3, -0.25) is 0 Å². The van der Waals surface area contributed by atoms with Crippen LogP contribution in [0.2, 0.25) is 5.28 Å². The van der Waals surface area contributed by atoms with Crippen LogP contribution in [0.1, 0.15) is 19.3 Å². The van der Waals surface area contributed by atoms with Gasteiger partial charge in [-0.25, -0.2) is 9.97 Å². The van der Waals surface area contributed by atoms with Crippen LogP contribution in [0.3, 0.4) is 0 Å². The molecule has 6 heteroatoms. The Labute approximate surface area is 98.2 Å². The summed E-state index contributed by atoms with van der Waals surface area (Å²) in [5.41, 5.74) is 0.811. The Morgan fingerprint density at radius 1 is 1.19 bits per heavy atom. The zero-order valence-corrected chi connectivity index (χ0v) is 9.54. The molecule has 0 saturated carbocycles. The third-order valence-electron chi connectivity index (χ3n) is 2.90. The number of hydrogen-bond acceptors (Lipinski definition) is 4. The molecule has 1 fully saturated rings. The Balaban J connectivity index is 2.05. The quantitative estimate of drug-likeness (QED) is 0.771. The van der Waals surface area contributed by atoms with E-state index in [1.54, 1.807) is 0 Å². The standard InChI is InChI=1S/C10H12ClN5/c11-10-14-8-7(12-6-13-8)9(15-10)16-4-2-1-3-5-16/h6H,1-5H2,(H,12,13,14,15). The van der Waals surface area contributed by atoms with Gasteiger partial charge in [0.15, 0.2) is 11.5 Å². The molecule has 0 bridgehead atoms. The van der Waals surface area contributed by atoms with Crippen molar-refractivity contribution in [1.29, 1.82) is 0 Å². The maximum atomic E-state index is 5.94. The molecular formula is C10H12ClN5. The van der Waals surface area contributed by atoms with Crippen molar-refractivity contribution < 1.29 is 0 Å². The van der Waals surface area contributed by atoms with Crippen LogP contribution in [0.15, 0.2) is 6.33 Å². The molecule has 3 aliphatic rings. The number of rotatable bonds is 1. The number of aromatic nitrogens is 4. The number of anilines is 1. The lowest BCUT2D eigenvalue weighted by atomic mass is 10.1. The number of aromatic amines is 1. The van der Waals surface area contributed by atoms with Gasteiger partial charge in [0, 0.05) is 13.1 Å². The minimum atomic E-state index is 0.369. The summed E-state index contributed by atoms with van der Waals surface area (Å²) in [5.74, 6) is 1.57. The van der Waals surface area contributed by atoms with E-state index in [0.717, 1.165) is 24.6 Å². The van der Waals surface area contributed by atoms with Crippen LogP contribution < -0.4 is 4.90 Å². The average Bonchev–Trinajstić information content (AvgIpc) is 2.77. The first-order chi connectivity index (χ1) is 7.84. The summed E-state index contributed by atoms with van der Waals surface area (Å²) in [6, 6.07) is 0. The minimum Gasteiger partial charge on any atom is -0.356 e. The van der Waals surface area contributed by atoms with Crippen molar-refractivity contribution in [3.05, 3.63) is 11.6 Å². The summed E-state index contributed by atoms with van der Waals surface area (Å²) in [6.07, 6.45) is 5.24. The third kappa shape index (κ3) is 1.61. The second kappa shape index (κ2) is 3.90. The van der Waals surface area contributed by atoms with Gasteiger partial charge in [0.05, 0.1) is 0 Å². The maximum Gasteiger partial charge on any atom is 0.203 e. The highest BCUT2D eigenvalue weighted by Crippen LogP contribution is 2.29. The fourth-order valence-electron chi connectivity index (χ4n) is 2.13. The van der Waals surface area contributed by atoms with Crippen LogP contribution in [0.25, 0.3) is 11.5 Å². The lowest BCUT2D eigenvalue weighted by Crippen LogP contribution is -2.31. The molecule has 3 rings (SSSR count). The first-order valence-corrected chi connectivity index (χ1v) is 5.83. The molecule has 1 N–H and O–H groups in total. The lowest BCUT2D eigenvalue weighted by molar-refractivity contribution is 0.573. The minimum absolute atomic E-state index is 0.369. The Hall–Kier alpha value is -1.36. The largest absolute Gasteiger partial charge is 0.356 e. The Kier molecular flexibility index (Phi) is 2.40. The number of fused-ring (bicyclic) bond motifs is 1. The molecule has 84 valence electrons. The van der Waals surface area contributed by atoms with Crippen LogP contribution in [0, 0.1) is 0 Å². The van der Waals surface area contributed by atoms with Crippen LogP contribution in [-0.2, 0) is 0 Å². The topological polar surface area (TPSA) is 57.7 Å². The second-order valence-electron chi connectivity index (χ2n) is 3.97. The summed E-state index contributed by atoms with van der Waals surface area (Å²) >= 11 is 5.94. The van der Waals surface area contributed by atoms with Crippen molar-refractivity contribution in [2.24, 2.45) is 0 Å². The molecule has 3 heterocycles. The van der Waals surface area contributed by atoms with E-state index >= 15 is 0 Å². The average molecular weight is 238 g/mol. The highest BCUT2D eigenvalue weighted by molar-refractivity contribution is 6.28. The molecule has 0 atom stereocenters.